The number of likely N-dealkylation sites (tertiary alicyclic amines) is 1. The lowest BCUT2D eigenvalue weighted by molar-refractivity contribution is -0.155. The van der Waals surface area contributed by atoms with Gasteiger partial charge in [0, 0.05) is 22.2 Å². The highest BCUT2D eigenvalue weighted by Crippen LogP contribution is 2.68. The maximum absolute atomic E-state index is 14.9. The summed E-state index contributed by atoms with van der Waals surface area (Å²) >= 11 is 5.43. The van der Waals surface area contributed by atoms with Gasteiger partial charge in [0.25, 0.3) is 0 Å². The Morgan fingerprint density at radius 1 is 1.22 bits per heavy atom. The van der Waals surface area contributed by atoms with E-state index in [0.29, 0.717) is 19.6 Å². The number of hydrogen-bond donors (Lipinski definition) is 1. The molecule has 0 aliphatic carbocycles. The van der Waals surface area contributed by atoms with E-state index in [2.05, 4.69) is 63.7 Å². The fourth-order valence-corrected chi connectivity index (χ4v) is 11.1. The number of carbonyl (C=O) groups is 3. The minimum Gasteiger partial charge on any atom is -0.465 e. The lowest BCUT2D eigenvalue weighted by Crippen LogP contribution is -2.62. The van der Waals surface area contributed by atoms with Gasteiger partial charge in [0.2, 0.25) is 11.8 Å². The maximum Gasteiger partial charge on any atom is 0.310 e. The molecule has 0 aromatic carbocycles. The first kappa shape index (κ1) is 34.2. The molecule has 9 heteroatoms. The standard InChI is InChI=1S/C32H51BrN2O5S/c1-10-12-13-14-16-40-29(39)23-24-27(37)35(22(18-36)20(3)4)26(32(24)17-21(33)25(23)41-32)28(38)34(15-11-2)31(8,9)19-30(5,6)7/h10-11,20-26,36H,1-2,12-19H2,3-9H3/t21?,22-,23+,24-,25+,26?,32?/m0/s1. The van der Waals surface area contributed by atoms with E-state index >= 15 is 0 Å². The second-order valence-corrected chi connectivity index (χ2v) is 16.9. The molecule has 3 unspecified atom stereocenters. The number of carbonyl (C=O) groups excluding carboxylic acids is 3. The third-order valence-electron chi connectivity index (χ3n) is 8.87. The number of aliphatic hydroxyl groups excluding tert-OH is 1. The topological polar surface area (TPSA) is 87.2 Å². The molecular weight excluding hydrogens is 604 g/mol. The van der Waals surface area contributed by atoms with Crippen molar-refractivity contribution in [2.45, 2.75) is 113 Å². The first-order chi connectivity index (χ1) is 19.1. The molecule has 0 aromatic heterocycles. The second kappa shape index (κ2) is 13.1. The van der Waals surface area contributed by atoms with E-state index < -0.39 is 34.2 Å². The Morgan fingerprint density at radius 3 is 2.41 bits per heavy atom. The molecule has 3 heterocycles. The lowest BCUT2D eigenvalue weighted by atomic mass is 9.70. The summed E-state index contributed by atoms with van der Waals surface area (Å²) in [5, 5.41) is 10.4. The fraction of sp³-hybridized carbons (Fsp3) is 0.781. The second-order valence-electron chi connectivity index (χ2n) is 14.1. The number of alkyl halides is 1. The minimum absolute atomic E-state index is 0.0350. The van der Waals surface area contributed by atoms with Gasteiger partial charge in [0.1, 0.15) is 6.04 Å². The van der Waals surface area contributed by atoms with Gasteiger partial charge in [-0.1, -0.05) is 62.7 Å². The quantitative estimate of drug-likeness (QED) is 0.114. The smallest absolute Gasteiger partial charge is 0.310 e. The van der Waals surface area contributed by atoms with E-state index in [1.54, 1.807) is 22.7 Å². The predicted molar refractivity (Wildman–Crippen MR) is 170 cm³/mol. The summed E-state index contributed by atoms with van der Waals surface area (Å²) in [6.07, 6.45) is 7.40. The third-order valence-corrected chi connectivity index (χ3v) is 12.1. The number of fused-ring (bicyclic) bond motifs is 1. The van der Waals surface area contributed by atoms with Crippen molar-refractivity contribution in [1.29, 1.82) is 0 Å². The minimum atomic E-state index is -0.806. The summed E-state index contributed by atoms with van der Waals surface area (Å²) in [4.78, 5) is 46.4. The summed E-state index contributed by atoms with van der Waals surface area (Å²) in [5.74, 6) is -2.12. The SMILES string of the molecule is C=CCCCCOC(=O)[C@H]1[C@@H]2SC3(CC2Br)C(C(=O)N(CC=C)C(C)(C)CC(C)(C)C)N([C@@H](CO)C(C)C)C(=O)[C@H]13. The highest BCUT2D eigenvalue weighted by Gasteiger charge is 2.77. The molecule has 3 saturated heterocycles. The summed E-state index contributed by atoms with van der Waals surface area (Å²) in [6.45, 7) is 22.6. The Bertz CT molecular complexity index is 1010. The molecule has 232 valence electrons. The first-order valence-electron chi connectivity index (χ1n) is 15.0. The van der Waals surface area contributed by atoms with E-state index in [1.165, 1.54) is 0 Å². The van der Waals surface area contributed by atoms with Crippen molar-refractivity contribution in [2.75, 3.05) is 19.8 Å². The van der Waals surface area contributed by atoms with E-state index in [1.807, 2.05) is 24.8 Å². The molecule has 0 saturated carbocycles. The number of halogens is 1. The van der Waals surface area contributed by atoms with Crippen LogP contribution >= 0.6 is 27.7 Å². The third kappa shape index (κ3) is 6.62. The van der Waals surface area contributed by atoms with Gasteiger partial charge in [-0.15, -0.1) is 24.9 Å². The number of rotatable bonds is 14. The summed E-state index contributed by atoms with van der Waals surface area (Å²) < 4.78 is 4.96. The van der Waals surface area contributed by atoms with Crippen LogP contribution in [-0.2, 0) is 19.1 Å². The average molecular weight is 656 g/mol. The Kier molecular flexibility index (Phi) is 10.9. The zero-order valence-electron chi connectivity index (χ0n) is 26.0. The van der Waals surface area contributed by atoms with Crippen molar-refractivity contribution in [1.82, 2.24) is 9.80 Å². The molecule has 1 N–H and O–H groups in total. The van der Waals surface area contributed by atoms with Crippen LogP contribution in [0.3, 0.4) is 0 Å². The van der Waals surface area contributed by atoms with Crippen LogP contribution in [-0.4, -0.2) is 84.9 Å². The van der Waals surface area contributed by atoms with E-state index in [9.17, 15) is 19.5 Å². The number of aliphatic hydroxyl groups is 1. The van der Waals surface area contributed by atoms with Gasteiger partial charge in [-0.3, -0.25) is 14.4 Å². The number of allylic oxidation sites excluding steroid dienone is 1. The molecule has 3 rings (SSSR count). The van der Waals surface area contributed by atoms with Crippen molar-refractivity contribution in [2.24, 2.45) is 23.2 Å². The van der Waals surface area contributed by atoms with Gasteiger partial charge < -0.3 is 19.6 Å². The van der Waals surface area contributed by atoms with Gasteiger partial charge in [0.15, 0.2) is 0 Å². The highest BCUT2D eigenvalue weighted by molar-refractivity contribution is 9.09. The number of thioether (sulfide) groups is 1. The van der Waals surface area contributed by atoms with Gasteiger partial charge >= 0.3 is 5.97 Å². The van der Waals surface area contributed by atoms with Crippen molar-refractivity contribution in [3.05, 3.63) is 25.3 Å². The van der Waals surface area contributed by atoms with Gasteiger partial charge in [-0.2, -0.15) is 0 Å². The molecule has 41 heavy (non-hydrogen) atoms. The van der Waals surface area contributed by atoms with Crippen molar-refractivity contribution in [3.8, 4) is 0 Å². The summed E-state index contributed by atoms with van der Waals surface area (Å²) in [5.41, 5.74) is -0.554. The Labute approximate surface area is 260 Å². The number of hydrogen-bond acceptors (Lipinski definition) is 6. The molecule has 7 nitrogen and oxygen atoms in total. The molecule has 0 aromatic rings. The lowest BCUT2D eigenvalue weighted by Gasteiger charge is -2.47. The van der Waals surface area contributed by atoms with Crippen LogP contribution in [0, 0.1) is 23.2 Å². The molecule has 0 radical (unpaired) electrons. The largest absolute Gasteiger partial charge is 0.465 e. The van der Waals surface area contributed by atoms with Crippen molar-refractivity contribution < 1.29 is 24.2 Å². The van der Waals surface area contributed by atoms with Crippen LogP contribution in [0.5, 0.6) is 0 Å². The normalized spacial score (nSPS) is 30.0. The Morgan fingerprint density at radius 2 is 1.88 bits per heavy atom. The summed E-state index contributed by atoms with van der Waals surface area (Å²) in [6, 6.07) is -1.35. The molecule has 1 spiro atoms. The zero-order chi connectivity index (χ0) is 30.9. The highest BCUT2D eigenvalue weighted by atomic mass is 79.9. The summed E-state index contributed by atoms with van der Waals surface area (Å²) in [7, 11) is 0. The predicted octanol–water partition coefficient (Wildman–Crippen LogP) is 5.60. The van der Waals surface area contributed by atoms with Crippen molar-refractivity contribution >= 4 is 45.5 Å². The number of ether oxygens (including phenoxy) is 1. The van der Waals surface area contributed by atoms with Crippen LogP contribution in [0.25, 0.3) is 0 Å². The van der Waals surface area contributed by atoms with E-state index in [0.717, 1.165) is 25.7 Å². The molecule has 7 atom stereocenters. The molecule has 3 aliphatic heterocycles. The monoisotopic (exact) mass is 654 g/mol. The van der Waals surface area contributed by atoms with Crippen LogP contribution in [0.2, 0.25) is 0 Å². The zero-order valence-corrected chi connectivity index (χ0v) is 28.4. The molecule has 2 amide bonds. The van der Waals surface area contributed by atoms with E-state index in [-0.39, 0.29) is 45.8 Å². The van der Waals surface area contributed by atoms with Crippen LogP contribution in [0.1, 0.15) is 80.6 Å². The van der Waals surface area contributed by atoms with Crippen LogP contribution in [0.15, 0.2) is 25.3 Å². The molecular formula is C32H51BrN2O5S. The van der Waals surface area contributed by atoms with Gasteiger partial charge in [-0.25, -0.2) is 0 Å². The Balaban J connectivity index is 2.08. The van der Waals surface area contributed by atoms with Gasteiger partial charge in [-0.05, 0) is 57.3 Å². The number of amides is 2. The van der Waals surface area contributed by atoms with E-state index in [4.69, 9.17) is 4.74 Å². The molecule has 3 aliphatic rings. The Hall–Kier alpha value is -1.32. The first-order valence-corrected chi connectivity index (χ1v) is 16.8. The van der Waals surface area contributed by atoms with Crippen molar-refractivity contribution in [3.63, 3.8) is 0 Å². The number of esters is 1. The number of unbranched alkanes of at least 4 members (excludes halogenated alkanes) is 2. The van der Waals surface area contributed by atoms with Crippen LogP contribution in [0.4, 0.5) is 0 Å². The average Bonchev–Trinajstić information content (AvgIpc) is 3.44. The molecule has 2 bridgehead atoms. The van der Waals surface area contributed by atoms with Crippen LogP contribution < -0.4 is 0 Å². The fourth-order valence-electron chi connectivity index (χ4n) is 7.56. The number of nitrogens with zero attached hydrogens (tertiary/aromatic N) is 2. The van der Waals surface area contributed by atoms with Gasteiger partial charge in [0.05, 0.1) is 35.8 Å². The maximum atomic E-state index is 14.9. The molecule has 3 fully saturated rings.